The smallest absolute Gasteiger partial charge is 0.123 e. The molecular weight excluding hydrogens is 323 g/mol. The first kappa shape index (κ1) is 20.6. The number of hydrogen-bond acceptors (Lipinski definition) is 1. The Morgan fingerprint density at radius 2 is 1.50 bits per heavy atom. The first-order valence-corrected chi connectivity index (χ1v) is 9.91. The topological polar surface area (TPSA) is 20.2 Å². The van der Waals surface area contributed by atoms with Gasteiger partial charge in [0.2, 0.25) is 0 Å². The average Bonchev–Trinajstić information content (AvgIpc) is 2.58. The first-order valence-electron chi connectivity index (χ1n) is 9.91. The van der Waals surface area contributed by atoms with E-state index in [1.165, 1.54) is 28.8 Å². The number of unbranched alkanes of at least 4 members (excludes halogenated alkanes) is 1. The number of rotatable bonds is 7. The van der Waals surface area contributed by atoms with Gasteiger partial charge in [-0.3, -0.25) is 0 Å². The molecule has 1 unspecified atom stereocenters. The molecule has 2 heteroatoms. The average molecular weight is 357 g/mol. The Hall–Kier alpha value is -1.67. The van der Waals surface area contributed by atoms with Gasteiger partial charge >= 0.3 is 0 Å². The van der Waals surface area contributed by atoms with Crippen molar-refractivity contribution < 1.29 is 9.50 Å². The van der Waals surface area contributed by atoms with Crippen molar-refractivity contribution in [3.05, 3.63) is 58.4 Å². The molecule has 1 N–H and O–H groups in total. The zero-order valence-electron chi connectivity index (χ0n) is 17.1. The van der Waals surface area contributed by atoms with E-state index in [1.807, 2.05) is 19.1 Å². The van der Waals surface area contributed by atoms with Crippen molar-refractivity contribution in [1.29, 1.82) is 0 Å². The highest BCUT2D eigenvalue weighted by atomic mass is 19.1. The molecule has 0 radical (unpaired) electrons. The van der Waals surface area contributed by atoms with Crippen molar-refractivity contribution in [1.82, 2.24) is 0 Å². The second kappa shape index (κ2) is 8.81. The summed E-state index contributed by atoms with van der Waals surface area (Å²) >= 11 is 0. The molecule has 2 aromatic rings. The summed E-state index contributed by atoms with van der Waals surface area (Å²) in [7, 11) is 0. The van der Waals surface area contributed by atoms with Crippen LogP contribution in [0.3, 0.4) is 0 Å². The molecule has 142 valence electrons. The van der Waals surface area contributed by atoms with Gasteiger partial charge in [0.25, 0.3) is 0 Å². The molecular formula is C24H33FO. The van der Waals surface area contributed by atoms with E-state index >= 15 is 0 Å². The maximum Gasteiger partial charge on any atom is 0.123 e. The third-order valence-corrected chi connectivity index (χ3v) is 5.12. The SMILES string of the molecule is CCCCc1c(C(C)C)cc(C(C)C)c(C(C)O)c1-c1ccc(F)cc1. The normalized spacial score (nSPS) is 12.8. The minimum Gasteiger partial charge on any atom is -0.389 e. The van der Waals surface area contributed by atoms with Crippen LogP contribution in [0.15, 0.2) is 30.3 Å². The third-order valence-electron chi connectivity index (χ3n) is 5.12. The maximum atomic E-state index is 13.5. The van der Waals surface area contributed by atoms with E-state index in [-0.39, 0.29) is 5.82 Å². The predicted octanol–water partition coefficient (Wildman–Crippen LogP) is 7.14. The van der Waals surface area contributed by atoms with Gasteiger partial charge in [-0.1, -0.05) is 59.2 Å². The molecule has 0 saturated heterocycles. The summed E-state index contributed by atoms with van der Waals surface area (Å²) in [5, 5.41) is 10.7. The van der Waals surface area contributed by atoms with Gasteiger partial charge in [-0.2, -0.15) is 0 Å². The van der Waals surface area contributed by atoms with Gasteiger partial charge in [0.05, 0.1) is 6.10 Å². The lowest BCUT2D eigenvalue weighted by Gasteiger charge is -2.27. The number of halogens is 1. The highest BCUT2D eigenvalue weighted by molar-refractivity contribution is 5.75. The fourth-order valence-corrected chi connectivity index (χ4v) is 3.80. The van der Waals surface area contributed by atoms with E-state index in [4.69, 9.17) is 0 Å². The number of aliphatic hydroxyl groups is 1. The number of benzene rings is 2. The summed E-state index contributed by atoms with van der Waals surface area (Å²) in [5.74, 6) is 0.490. The number of aliphatic hydroxyl groups excluding tert-OH is 1. The lowest BCUT2D eigenvalue weighted by atomic mass is 9.78. The van der Waals surface area contributed by atoms with Crippen LogP contribution in [-0.4, -0.2) is 5.11 Å². The van der Waals surface area contributed by atoms with Crippen molar-refractivity contribution >= 4 is 0 Å². The molecule has 0 bridgehead atoms. The van der Waals surface area contributed by atoms with Crippen molar-refractivity contribution in [3.8, 4) is 11.1 Å². The van der Waals surface area contributed by atoms with Gasteiger partial charge in [0.1, 0.15) is 5.82 Å². The van der Waals surface area contributed by atoms with Gasteiger partial charge in [0, 0.05) is 0 Å². The Bertz CT molecular complexity index is 727. The van der Waals surface area contributed by atoms with E-state index in [2.05, 4.69) is 40.7 Å². The molecule has 1 atom stereocenters. The minimum atomic E-state index is -0.561. The van der Waals surface area contributed by atoms with E-state index in [1.54, 1.807) is 0 Å². The van der Waals surface area contributed by atoms with Crippen LogP contribution in [0.25, 0.3) is 11.1 Å². The van der Waals surface area contributed by atoms with Crippen LogP contribution in [-0.2, 0) is 6.42 Å². The van der Waals surface area contributed by atoms with Crippen LogP contribution in [0.2, 0.25) is 0 Å². The van der Waals surface area contributed by atoms with E-state index in [0.717, 1.165) is 36.0 Å². The molecule has 0 aliphatic heterocycles. The Kier molecular flexibility index (Phi) is 7.00. The highest BCUT2D eigenvalue weighted by Crippen LogP contribution is 2.41. The van der Waals surface area contributed by atoms with Gasteiger partial charge in [-0.05, 0) is 77.1 Å². The Balaban J connectivity index is 2.90. The molecule has 2 aromatic carbocycles. The molecule has 2 rings (SSSR count). The molecule has 0 aliphatic carbocycles. The largest absolute Gasteiger partial charge is 0.389 e. The van der Waals surface area contributed by atoms with Gasteiger partial charge in [-0.15, -0.1) is 0 Å². The summed E-state index contributed by atoms with van der Waals surface area (Å²) in [6, 6.07) is 9.03. The standard InChI is InChI=1S/C24H33FO/c1-7-8-9-20-21(15(2)3)14-22(16(4)5)23(17(6)26)24(20)18-10-12-19(25)13-11-18/h10-17,26H,7-9H2,1-6H3. The van der Waals surface area contributed by atoms with Crippen molar-refractivity contribution in [2.45, 2.75) is 78.7 Å². The van der Waals surface area contributed by atoms with E-state index in [0.29, 0.717) is 11.8 Å². The first-order chi connectivity index (χ1) is 12.3. The second-order valence-corrected chi connectivity index (χ2v) is 7.92. The molecule has 0 aliphatic rings. The van der Waals surface area contributed by atoms with Gasteiger partial charge in [-0.25, -0.2) is 4.39 Å². The van der Waals surface area contributed by atoms with Crippen LogP contribution >= 0.6 is 0 Å². The Labute approximate surface area is 158 Å². The van der Waals surface area contributed by atoms with Crippen molar-refractivity contribution in [2.75, 3.05) is 0 Å². The fraction of sp³-hybridized carbons (Fsp3) is 0.500. The van der Waals surface area contributed by atoms with Gasteiger partial charge in [0.15, 0.2) is 0 Å². The maximum absolute atomic E-state index is 13.5. The van der Waals surface area contributed by atoms with Crippen LogP contribution in [0.5, 0.6) is 0 Å². The molecule has 0 fully saturated rings. The zero-order valence-corrected chi connectivity index (χ0v) is 17.1. The summed E-state index contributed by atoms with van der Waals surface area (Å²) in [6.07, 6.45) is 2.65. The molecule has 0 aromatic heterocycles. The van der Waals surface area contributed by atoms with Crippen LogP contribution in [0.4, 0.5) is 4.39 Å². The number of hydrogen-bond donors (Lipinski definition) is 1. The monoisotopic (exact) mass is 356 g/mol. The molecule has 0 heterocycles. The Morgan fingerprint density at radius 3 is 1.96 bits per heavy atom. The van der Waals surface area contributed by atoms with Crippen LogP contribution < -0.4 is 0 Å². The van der Waals surface area contributed by atoms with Crippen molar-refractivity contribution in [3.63, 3.8) is 0 Å². The van der Waals surface area contributed by atoms with Gasteiger partial charge < -0.3 is 5.11 Å². The second-order valence-electron chi connectivity index (χ2n) is 7.92. The fourth-order valence-electron chi connectivity index (χ4n) is 3.80. The summed E-state index contributed by atoms with van der Waals surface area (Å²) in [4.78, 5) is 0. The predicted molar refractivity (Wildman–Crippen MR) is 109 cm³/mol. The highest BCUT2D eigenvalue weighted by Gasteiger charge is 2.24. The summed E-state index contributed by atoms with van der Waals surface area (Å²) < 4.78 is 13.5. The molecule has 1 nitrogen and oxygen atoms in total. The molecule has 26 heavy (non-hydrogen) atoms. The molecule has 0 amide bonds. The Morgan fingerprint density at radius 1 is 0.923 bits per heavy atom. The van der Waals surface area contributed by atoms with E-state index in [9.17, 15) is 9.50 Å². The third kappa shape index (κ3) is 4.35. The summed E-state index contributed by atoms with van der Waals surface area (Å²) in [6.45, 7) is 12.8. The molecule has 0 spiro atoms. The van der Waals surface area contributed by atoms with Crippen molar-refractivity contribution in [2.24, 2.45) is 0 Å². The molecule has 0 saturated carbocycles. The van der Waals surface area contributed by atoms with Crippen LogP contribution in [0.1, 0.15) is 94.6 Å². The van der Waals surface area contributed by atoms with Crippen LogP contribution in [0, 0.1) is 5.82 Å². The lowest BCUT2D eigenvalue weighted by Crippen LogP contribution is -2.10. The van der Waals surface area contributed by atoms with E-state index < -0.39 is 6.10 Å². The minimum absolute atomic E-state index is 0.230. The summed E-state index contributed by atoms with van der Waals surface area (Å²) in [5.41, 5.74) is 6.98. The lowest BCUT2D eigenvalue weighted by molar-refractivity contribution is 0.198. The zero-order chi connectivity index (χ0) is 19.4. The quantitative estimate of drug-likeness (QED) is 0.559.